The van der Waals surface area contributed by atoms with Gasteiger partial charge in [-0.3, -0.25) is 9.48 Å². The molecule has 102 valence electrons. The Morgan fingerprint density at radius 2 is 2.11 bits per heavy atom. The van der Waals surface area contributed by atoms with Gasteiger partial charge in [-0.1, -0.05) is 6.92 Å². The number of rotatable bonds is 7. The van der Waals surface area contributed by atoms with Crippen LogP contribution in [-0.2, 0) is 11.3 Å². The minimum Gasteiger partial charge on any atom is -0.493 e. The molecule has 0 radical (unpaired) electrons. The average molecular weight is 254 g/mol. The van der Waals surface area contributed by atoms with Crippen molar-refractivity contribution in [3.8, 4) is 5.75 Å². The summed E-state index contributed by atoms with van der Waals surface area (Å²) >= 11 is 0. The summed E-state index contributed by atoms with van der Waals surface area (Å²) < 4.78 is 12.4. The molecule has 0 atom stereocenters. The lowest BCUT2D eigenvalue weighted by molar-refractivity contribution is 0.000252. The molecular formula is C13H22N2O3. The number of aromatic nitrogens is 2. The van der Waals surface area contributed by atoms with Crippen molar-refractivity contribution in [2.24, 2.45) is 0 Å². The second kappa shape index (κ2) is 6.00. The molecule has 0 aliphatic carbocycles. The zero-order chi connectivity index (χ0) is 13.8. The molecule has 0 aromatic carbocycles. The van der Waals surface area contributed by atoms with E-state index in [4.69, 9.17) is 9.47 Å². The van der Waals surface area contributed by atoms with Crippen LogP contribution in [0.15, 0.2) is 6.20 Å². The lowest BCUT2D eigenvalue weighted by Crippen LogP contribution is -2.36. The van der Waals surface area contributed by atoms with Crippen LogP contribution in [0, 0.1) is 0 Å². The number of ether oxygens (including phenoxy) is 2. The summed E-state index contributed by atoms with van der Waals surface area (Å²) in [5.41, 5.74) is -0.383. The van der Waals surface area contributed by atoms with Crippen LogP contribution in [0.5, 0.6) is 5.75 Å². The first-order valence-corrected chi connectivity index (χ1v) is 6.26. The van der Waals surface area contributed by atoms with Gasteiger partial charge in [-0.15, -0.1) is 0 Å². The maximum Gasteiger partial charge on any atom is 0.215 e. The van der Waals surface area contributed by atoms with Gasteiger partial charge in [0.05, 0.1) is 13.3 Å². The number of carbonyl (C=O) groups is 1. The van der Waals surface area contributed by atoms with Gasteiger partial charge in [0.1, 0.15) is 11.3 Å². The van der Waals surface area contributed by atoms with Crippen LogP contribution >= 0.6 is 0 Å². The number of nitrogens with zero attached hydrogens (tertiary/aromatic N) is 2. The van der Waals surface area contributed by atoms with Gasteiger partial charge in [-0.2, -0.15) is 5.10 Å². The van der Waals surface area contributed by atoms with Crippen LogP contribution in [-0.4, -0.2) is 34.9 Å². The van der Waals surface area contributed by atoms with E-state index < -0.39 is 5.60 Å². The van der Waals surface area contributed by atoms with Crippen LogP contribution in [0.1, 0.15) is 44.6 Å². The van der Waals surface area contributed by atoms with Gasteiger partial charge in [-0.25, -0.2) is 0 Å². The van der Waals surface area contributed by atoms with E-state index in [-0.39, 0.29) is 5.78 Å². The molecule has 5 heteroatoms. The number of carbonyl (C=O) groups excluding carboxylic acids is 1. The largest absolute Gasteiger partial charge is 0.493 e. The predicted octanol–water partition coefficient (Wildman–Crippen LogP) is 2.30. The Hall–Kier alpha value is -1.36. The molecular weight excluding hydrogens is 232 g/mol. The summed E-state index contributed by atoms with van der Waals surface area (Å²) in [5, 5.41) is 4.19. The van der Waals surface area contributed by atoms with Crippen LogP contribution in [0.2, 0.25) is 0 Å². The monoisotopic (exact) mass is 254 g/mol. The minimum absolute atomic E-state index is 0.104. The van der Waals surface area contributed by atoms with Crippen molar-refractivity contribution in [2.75, 3.05) is 13.7 Å². The molecule has 0 N–H and O–H groups in total. The molecule has 0 fully saturated rings. The van der Waals surface area contributed by atoms with Crippen molar-refractivity contribution in [3.05, 3.63) is 11.9 Å². The maximum absolute atomic E-state index is 12.5. The normalized spacial score (nSPS) is 11.6. The first kappa shape index (κ1) is 14.7. The van der Waals surface area contributed by atoms with Gasteiger partial charge >= 0.3 is 0 Å². The summed E-state index contributed by atoms with van der Waals surface area (Å²) in [6.07, 6.45) is 2.48. The highest BCUT2D eigenvalue weighted by atomic mass is 16.5. The topological polar surface area (TPSA) is 53.4 Å². The summed E-state index contributed by atoms with van der Waals surface area (Å²) in [6, 6.07) is 0. The van der Waals surface area contributed by atoms with E-state index in [0.717, 1.165) is 6.42 Å². The Labute approximate surface area is 108 Å². The third kappa shape index (κ3) is 2.90. The molecule has 0 unspecified atom stereocenters. The second-order valence-electron chi connectivity index (χ2n) is 4.56. The molecule has 0 amide bonds. The molecule has 0 saturated carbocycles. The van der Waals surface area contributed by atoms with Crippen molar-refractivity contribution in [2.45, 2.75) is 46.3 Å². The number of hydrogen-bond donors (Lipinski definition) is 0. The SMILES string of the molecule is CCCn1ncc(OC)c1C(=O)C(C)(C)OCC. The molecule has 1 aromatic rings. The van der Waals surface area contributed by atoms with Crippen molar-refractivity contribution >= 4 is 5.78 Å². The second-order valence-corrected chi connectivity index (χ2v) is 4.56. The third-order valence-electron chi connectivity index (χ3n) is 2.73. The third-order valence-corrected chi connectivity index (χ3v) is 2.73. The van der Waals surface area contributed by atoms with Gasteiger partial charge in [0.25, 0.3) is 0 Å². The highest BCUT2D eigenvalue weighted by Gasteiger charge is 2.34. The maximum atomic E-state index is 12.5. The van der Waals surface area contributed by atoms with Gasteiger partial charge in [0.15, 0.2) is 5.75 Å². The van der Waals surface area contributed by atoms with Crippen molar-refractivity contribution < 1.29 is 14.3 Å². The Morgan fingerprint density at radius 1 is 1.44 bits per heavy atom. The van der Waals surface area contributed by atoms with Crippen LogP contribution in [0.4, 0.5) is 0 Å². The smallest absolute Gasteiger partial charge is 0.215 e. The molecule has 0 aliphatic rings. The highest BCUT2D eigenvalue weighted by molar-refractivity contribution is 6.02. The molecule has 1 aromatic heterocycles. The van der Waals surface area contributed by atoms with E-state index in [0.29, 0.717) is 24.6 Å². The highest BCUT2D eigenvalue weighted by Crippen LogP contribution is 2.25. The molecule has 18 heavy (non-hydrogen) atoms. The van der Waals surface area contributed by atoms with E-state index in [1.807, 2.05) is 13.8 Å². The molecule has 1 heterocycles. The number of methoxy groups -OCH3 is 1. The van der Waals surface area contributed by atoms with E-state index in [1.54, 1.807) is 24.7 Å². The quantitative estimate of drug-likeness (QED) is 0.701. The molecule has 0 spiro atoms. The summed E-state index contributed by atoms with van der Waals surface area (Å²) in [5.74, 6) is 0.397. The molecule has 0 aliphatic heterocycles. The lowest BCUT2D eigenvalue weighted by atomic mass is 10.00. The number of aryl methyl sites for hydroxylation is 1. The van der Waals surface area contributed by atoms with Crippen molar-refractivity contribution in [1.82, 2.24) is 9.78 Å². The van der Waals surface area contributed by atoms with Crippen LogP contribution < -0.4 is 4.74 Å². The Balaban J connectivity index is 3.13. The zero-order valence-electron chi connectivity index (χ0n) is 11.8. The summed E-state index contributed by atoms with van der Waals surface area (Å²) in [4.78, 5) is 12.5. The molecule has 1 rings (SSSR count). The number of hydrogen-bond acceptors (Lipinski definition) is 4. The molecule has 5 nitrogen and oxygen atoms in total. The fourth-order valence-electron chi connectivity index (χ4n) is 1.84. The first-order chi connectivity index (χ1) is 8.47. The zero-order valence-corrected chi connectivity index (χ0v) is 11.8. The van der Waals surface area contributed by atoms with Crippen molar-refractivity contribution in [1.29, 1.82) is 0 Å². The Bertz CT molecular complexity index is 410. The minimum atomic E-state index is -0.868. The fourth-order valence-corrected chi connectivity index (χ4v) is 1.84. The standard InChI is InChI=1S/C13H22N2O3/c1-6-8-15-11(10(17-5)9-14-15)12(16)13(3,4)18-7-2/h9H,6-8H2,1-5H3. The van der Waals surface area contributed by atoms with Gasteiger partial charge in [0.2, 0.25) is 5.78 Å². The van der Waals surface area contributed by atoms with Gasteiger partial charge < -0.3 is 9.47 Å². The van der Waals surface area contributed by atoms with E-state index in [2.05, 4.69) is 5.10 Å². The van der Waals surface area contributed by atoms with Gasteiger partial charge in [0, 0.05) is 13.2 Å². The molecule has 0 bridgehead atoms. The van der Waals surface area contributed by atoms with E-state index in [1.165, 1.54) is 7.11 Å². The number of ketones is 1. The Morgan fingerprint density at radius 3 is 2.61 bits per heavy atom. The van der Waals surface area contributed by atoms with Crippen LogP contribution in [0.3, 0.4) is 0 Å². The Kier molecular flexibility index (Phi) is 4.90. The van der Waals surface area contributed by atoms with Gasteiger partial charge in [-0.05, 0) is 27.2 Å². The fraction of sp³-hybridized carbons (Fsp3) is 0.692. The summed E-state index contributed by atoms with van der Waals surface area (Å²) in [7, 11) is 1.54. The number of Topliss-reactive ketones (excluding diaryl/α,β-unsaturated/α-hetero) is 1. The predicted molar refractivity (Wildman–Crippen MR) is 69.1 cm³/mol. The summed E-state index contributed by atoms with van der Waals surface area (Å²) in [6.45, 7) is 8.62. The lowest BCUT2D eigenvalue weighted by Gasteiger charge is -2.23. The van der Waals surface area contributed by atoms with Crippen molar-refractivity contribution in [3.63, 3.8) is 0 Å². The van der Waals surface area contributed by atoms with E-state index in [9.17, 15) is 4.79 Å². The van der Waals surface area contributed by atoms with Crippen LogP contribution in [0.25, 0.3) is 0 Å². The molecule has 0 saturated heterocycles. The first-order valence-electron chi connectivity index (χ1n) is 6.26. The van der Waals surface area contributed by atoms with E-state index >= 15 is 0 Å². The average Bonchev–Trinajstić information content (AvgIpc) is 2.71.